The van der Waals surface area contributed by atoms with Crippen LogP contribution in [0.25, 0.3) is 22.2 Å². The monoisotopic (exact) mass is 426 g/mol. The van der Waals surface area contributed by atoms with Gasteiger partial charge in [-0.25, -0.2) is 9.78 Å². The van der Waals surface area contributed by atoms with Gasteiger partial charge in [0.15, 0.2) is 6.61 Å². The van der Waals surface area contributed by atoms with Crippen LogP contribution in [0.1, 0.15) is 26.3 Å². The summed E-state index contributed by atoms with van der Waals surface area (Å²) < 4.78 is 5.30. The van der Waals surface area contributed by atoms with E-state index in [0.29, 0.717) is 22.2 Å². The molecule has 0 amide bonds. The summed E-state index contributed by atoms with van der Waals surface area (Å²) in [5, 5.41) is 11.6. The Morgan fingerprint density at radius 1 is 0.969 bits per heavy atom. The summed E-state index contributed by atoms with van der Waals surface area (Å²) in [6.07, 6.45) is 0. The molecule has 0 N–H and O–H groups in total. The molecule has 4 rings (SSSR count). The van der Waals surface area contributed by atoms with E-state index in [9.17, 15) is 19.7 Å². The largest absolute Gasteiger partial charge is 0.454 e. The van der Waals surface area contributed by atoms with Gasteiger partial charge in [0.1, 0.15) is 0 Å². The zero-order valence-electron chi connectivity index (χ0n) is 17.1. The second-order valence-electron chi connectivity index (χ2n) is 7.25. The number of nitro benzene ring substituents is 1. The molecule has 0 aliphatic rings. The maximum Gasteiger partial charge on any atom is 0.339 e. The molecule has 158 valence electrons. The number of ketones is 1. The Labute approximate surface area is 183 Å². The maximum atomic E-state index is 13.0. The predicted molar refractivity (Wildman–Crippen MR) is 120 cm³/mol. The molecule has 0 bridgehead atoms. The quantitative estimate of drug-likeness (QED) is 0.183. The SMILES string of the molecule is Cc1ccc2nc(-c3ccccc3)cc(C(=O)OCC(=O)c3cccc([N+](=O)[O-])c3)c2c1. The van der Waals surface area contributed by atoms with Gasteiger partial charge in [-0.05, 0) is 25.1 Å². The van der Waals surface area contributed by atoms with Crippen LogP contribution in [0.3, 0.4) is 0 Å². The van der Waals surface area contributed by atoms with E-state index < -0.39 is 23.3 Å². The lowest BCUT2D eigenvalue weighted by Gasteiger charge is -2.11. The average Bonchev–Trinajstić information content (AvgIpc) is 2.82. The van der Waals surface area contributed by atoms with Crippen LogP contribution in [0.5, 0.6) is 0 Å². The van der Waals surface area contributed by atoms with Crippen LogP contribution in [-0.4, -0.2) is 28.3 Å². The Kier molecular flexibility index (Phi) is 5.72. The number of carbonyl (C=O) groups excluding carboxylic acids is 2. The smallest absolute Gasteiger partial charge is 0.339 e. The molecule has 0 spiro atoms. The summed E-state index contributed by atoms with van der Waals surface area (Å²) in [5.41, 5.74) is 3.24. The van der Waals surface area contributed by atoms with Crippen molar-refractivity contribution in [2.45, 2.75) is 6.92 Å². The summed E-state index contributed by atoms with van der Waals surface area (Å²) in [7, 11) is 0. The first-order chi connectivity index (χ1) is 15.4. The van der Waals surface area contributed by atoms with Crippen LogP contribution < -0.4 is 0 Å². The average molecular weight is 426 g/mol. The molecule has 0 fully saturated rings. The number of ether oxygens (including phenoxy) is 1. The van der Waals surface area contributed by atoms with Gasteiger partial charge in [0.2, 0.25) is 5.78 Å². The molecule has 1 heterocycles. The van der Waals surface area contributed by atoms with Crippen molar-refractivity contribution in [1.82, 2.24) is 4.98 Å². The van der Waals surface area contributed by atoms with Gasteiger partial charge in [0.05, 0.1) is 21.7 Å². The molecule has 0 saturated heterocycles. The third-order valence-corrected chi connectivity index (χ3v) is 4.97. The van der Waals surface area contributed by atoms with Crippen LogP contribution >= 0.6 is 0 Å². The van der Waals surface area contributed by atoms with Crippen molar-refractivity contribution < 1.29 is 19.2 Å². The molecule has 0 atom stereocenters. The van der Waals surface area contributed by atoms with Gasteiger partial charge >= 0.3 is 5.97 Å². The molecule has 0 aliphatic heterocycles. The molecule has 7 nitrogen and oxygen atoms in total. The van der Waals surface area contributed by atoms with Gasteiger partial charge in [-0.3, -0.25) is 14.9 Å². The van der Waals surface area contributed by atoms with E-state index in [1.165, 1.54) is 18.2 Å². The van der Waals surface area contributed by atoms with Crippen molar-refractivity contribution in [2.24, 2.45) is 0 Å². The summed E-state index contributed by atoms with van der Waals surface area (Å²) >= 11 is 0. The zero-order chi connectivity index (χ0) is 22.7. The standard InChI is InChI=1S/C25H18N2O5/c1-16-10-11-22-20(12-16)21(14-23(26-22)17-6-3-2-4-7-17)25(29)32-15-24(28)18-8-5-9-19(13-18)27(30)31/h2-14H,15H2,1H3. The molecule has 1 aromatic heterocycles. The third-order valence-electron chi connectivity index (χ3n) is 4.97. The number of hydrogen-bond donors (Lipinski definition) is 0. The second-order valence-corrected chi connectivity index (χ2v) is 7.25. The number of rotatable bonds is 6. The van der Waals surface area contributed by atoms with Crippen LogP contribution in [-0.2, 0) is 4.74 Å². The number of carbonyl (C=O) groups is 2. The van der Waals surface area contributed by atoms with Crippen LogP contribution in [0, 0.1) is 17.0 Å². The van der Waals surface area contributed by atoms with E-state index in [2.05, 4.69) is 4.98 Å². The molecule has 0 unspecified atom stereocenters. The van der Waals surface area contributed by atoms with Crippen molar-refractivity contribution in [1.29, 1.82) is 0 Å². The lowest BCUT2D eigenvalue weighted by Crippen LogP contribution is -2.15. The van der Waals surface area contributed by atoms with Crippen LogP contribution in [0.15, 0.2) is 78.9 Å². The van der Waals surface area contributed by atoms with E-state index in [-0.39, 0.29) is 11.3 Å². The maximum absolute atomic E-state index is 13.0. The number of hydrogen-bond acceptors (Lipinski definition) is 6. The number of esters is 1. The molecule has 32 heavy (non-hydrogen) atoms. The van der Waals surface area contributed by atoms with Crippen molar-refractivity contribution in [3.05, 3.63) is 106 Å². The predicted octanol–water partition coefficient (Wildman–Crippen LogP) is 5.16. The van der Waals surface area contributed by atoms with Gasteiger partial charge < -0.3 is 4.74 Å². The Balaban J connectivity index is 1.64. The molecular weight excluding hydrogens is 408 g/mol. The Hall–Kier alpha value is -4.39. The molecule has 0 aliphatic carbocycles. The van der Waals surface area contributed by atoms with E-state index >= 15 is 0 Å². The van der Waals surface area contributed by atoms with Crippen molar-refractivity contribution in [3.8, 4) is 11.3 Å². The molecule has 3 aromatic carbocycles. The van der Waals surface area contributed by atoms with Gasteiger partial charge in [-0.1, -0.05) is 54.1 Å². The number of Topliss-reactive ketones (excluding diaryl/α,β-unsaturated/α-hetero) is 1. The highest BCUT2D eigenvalue weighted by Gasteiger charge is 2.18. The van der Waals surface area contributed by atoms with E-state index in [4.69, 9.17) is 4.74 Å². The number of nitrogens with zero attached hydrogens (tertiary/aromatic N) is 2. The summed E-state index contributed by atoms with van der Waals surface area (Å²) in [5.74, 6) is -1.20. The molecule has 7 heteroatoms. The molecular formula is C25H18N2O5. The highest BCUT2D eigenvalue weighted by molar-refractivity contribution is 6.06. The molecule has 0 radical (unpaired) electrons. The van der Waals surface area contributed by atoms with Crippen molar-refractivity contribution in [2.75, 3.05) is 6.61 Å². The van der Waals surface area contributed by atoms with Crippen LogP contribution in [0.2, 0.25) is 0 Å². The fraction of sp³-hybridized carbons (Fsp3) is 0.0800. The van der Waals surface area contributed by atoms with Gasteiger partial charge in [0.25, 0.3) is 5.69 Å². The third kappa shape index (κ3) is 4.37. The summed E-state index contributed by atoms with van der Waals surface area (Å²) in [4.78, 5) is 40.4. The van der Waals surface area contributed by atoms with Crippen molar-refractivity contribution >= 4 is 28.3 Å². The number of nitro groups is 1. The molecule has 0 saturated carbocycles. The number of pyridine rings is 1. The highest BCUT2D eigenvalue weighted by atomic mass is 16.6. The number of benzene rings is 3. The number of fused-ring (bicyclic) bond motifs is 1. The lowest BCUT2D eigenvalue weighted by atomic mass is 10.0. The van der Waals surface area contributed by atoms with E-state index in [1.807, 2.05) is 55.5 Å². The fourth-order valence-corrected chi connectivity index (χ4v) is 3.35. The summed E-state index contributed by atoms with van der Waals surface area (Å²) in [6.45, 7) is 1.38. The minimum atomic E-state index is -0.668. The number of aryl methyl sites for hydroxylation is 1. The van der Waals surface area contributed by atoms with Crippen LogP contribution in [0.4, 0.5) is 5.69 Å². The van der Waals surface area contributed by atoms with Gasteiger partial charge in [0, 0.05) is 28.6 Å². The minimum Gasteiger partial charge on any atom is -0.454 e. The highest BCUT2D eigenvalue weighted by Crippen LogP contribution is 2.26. The molecule has 4 aromatic rings. The van der Waals surface area contributed by atoms with E-state index in [0.717, 1.165) is 17.2 Å². The number of non-ortho nitro benzene ring substituents is 1. The lowest BCUT2D eigenvalue weighted by molar-refractivity contribution is -0.384. The van der Waals surface area contributed by atoms with Gasteiger partial charge in [-0.2, -0.15) is 0 Å². The van der Waals surface area contributed by atoms with Crippen molar-refractivity contribution in [3.63, 3.8) is 0 Å². The summed E-state index contributed by atoms with van der Waals surface area (Å²) in [6, 6.07) is 22.0. The zero-order valence-corrected chi connectivity index (χ0v) is 17.1. The fourth-order valence-electron chi connectivity index (χ4n) is 3.35. The second kappa shape index (κ2) is 8.77. The Morgan fingerprint density at radius 3 is 2.50 bits per heavy atom. The first-order valence-electron chi connectivity index (χ1n) is 9.84. The first-order valence-corrected chi connectivity index (χ1v) is 9.84. The minimum absolute atomic E-state index is 0.104. The first kappa shape index (κ1) is 20.9. The Bertz CT molecular complexity index is 1350. The number of aromatic nitrogens is 1. The normalized spacial score (nSPS) is 10.7. The topological polar surface area (TPSA) is 99.4 Å². The van der Waals surface area contributed by atoms with Gasteiger partial charge in [-0.15, -0.1) is 0 Å². The van der Waals surface area contributed by atoms with E-state index in [1.54, 1.807) is 6.07 Å². The Morgan fingerprint density at radius 2 is 1.75 bits per heavy atom.